The van der Waals surface area contributed by atoms with Gasteiger partial charge in [0.25, 0.3) is 0 Å². The lowest BCUT2D eigenvalue weighted by Gasteiger charge is -2.30. The SMILES string of the molecule is CN(Cc1ccoc1)C(=O)C[C@@]1(Cc2ccccc2)C(=O)N(C)c2ccccc21. The van der Waals surface area contributed by atoms with Gasteiger partial charge in [0.15, 0.2) is 0 Å². The lowest BCUT2D eigenvalue weighted by Crippen LogP contribution is -2.44. The average molecular weight is 388 g/mol. The fraction of sp³-hybridized carbons (Fsp3) is 0.250. The van der Waals surface area contributed by atoms with E-state index in [0.29, 0.717) is 13.0 Å². The number of amides is 2. The maximum absolute atomic E-state index is 13.5. The molecule has 0 radical (unpaired) electrons. The second-order valence-corrected chi connectivity index (χ2v) is 7.68. The van der Waals surface area contributed by atoms with Gasteiger partial charge in [-0.15, -0.1) is 0 Å². The Morgan fingerprint density at radius 3 is 2.48 bits per heavy atom. The number of nitrogens with zero attached hydrogens (tertiary/aromatic N) is 2. The van der Waals surface area contributed by atoms with Gasteiger partial charge < -0.3 is 14.2 Å². The monoisotopic (exact) mass is 388 g/mol. The summed E-state index contributed by atoms with van der Waals surface area (Å²) >= 11 is 0. The number of anilines is 1. The molecule has 4 rings (SSSR count). The van der Waals surface area contributed by atoms with E-state index in [9.17, 15) is 9.59 Å². The molecule has 5 heteroatoms. The quantitative estimate of drug-likeness (QED) is 0.646. The van der Waals surface area contributed by atoms with E-state index in [1.165, 1.54) is 0 Å². The summed E-state index contributed by atoms with van der Waals surface area (Å²) in [5.74, 6) is -0.104. The molecule has 0 N–H and O–H groups in total. The first-order chi connectivity index (χ1) is 14.0. The van der Waals surface area contributed by atoms with E-state index in [-0.39, 0.29) is 18.2 Å². The minimum atomic E-state index is -0.908. The molecule has 2 heterocycles. The van der Waals surface area contributed by atoms with Gasteiger partial charge in [-0.1, -0.05) is 48.5 Å². The van der Waals surface area contributed by atoms with Crippen molar-refractivity contribution < 1.29 is 14.0 Å². The summed E-state index contributed by atoms with van der Waals surface area (Å²) in [4.78, 5) is 30.1. The first-order valence-corrected chi connectivity index (χ1v) is 9.68. The Bertz CT molecular complexity index is 1010. The predicted octanol–water partition coefficient (Wildman–Crippen LogP) is 3.79. The van der Waals surface area contributed by atoms with Crippen LogP contribution in [0.3, 0.4) is 0 Å². The number of furan rings is 1. The number of hydrogen-bond donors (Lipinski definition) is 0. The van der Waals surface area contributed by atoms with Gasteiger partial charge in [-0.25, -0.2) is 0 Å². The molecule has 2 amide bonds. The number of likely N-dealkylation sites (N-methyl/N-ethyl adjacent to an activating group) is 1. The lowest BCUT2D eigenvalue weighted by atomic mass is 9.73. The number of para-hydroxylation sites is 1. The van der Waals surface area contributed by atoms with E-state index in [2.05, 4.69) is 0 Å². The molecule has 1 aromatic heterocycles. The van der Waals surface area contributed by atoms with Crippen molar-refractivity contribution in [3.8, 4) is 0 Å². The van der Waals surface area contributed by atoms with Gasteiger partial charge in [0.05, 0.1) is 17.9 Å². The first-order valence-electron chi connectivity index (χ1n) is 9.68. The standard InChI is InChI=1S/C24H24N2O3/c1-25(16-19-12-13-29-17-19)22(27)15-24(14-18-8-4-3-5-9-18)20-10-6-7-11-21(20)26(2)23(24)28/h3-13,17H,14-16H2,1-2H3/t24-/m1/s1. The molecule has 5 nitrogen and oxygen atoms in total. The van der Waals surface area contributed by atoms with Crippen LogP contribution in [0.5, 0.6) is 0 Å². The van der Waals surface area contributed by atoms with Crippen LogP contribution in [0.4, 0.5) is 5.69 Å². The van der Waals surface area contributed by atoms with Gasteiger partial charge in [-0.05, 0) is 29.7 Å². The van der Waals surface area contributed by atoms with Crippen molar-refractivity contribution in [3.05, 3.63) is 89.9 Å². The van der Waals surface area contributed by atoms with Crippen LogP contribution in [0.15, 0.2) is 77.6 Å². The third-order valence-corrected chi connectivity index (χ3v) is 5.72. The first kappa shape index (κ1) is 19.0. The van der Waals surface area contributed by atoms with Crippen molar-refractivity contribution >= 4 is 17.5 Å². The molecule has 148 valence electrons. The second kappa shape index (κ2) is 7.59. The van der Waals surface area contributed by atoms with E-state index in [1.54, 1.807) is 36.4 Å². The van der Waals surface area contributed by atoms with E-state index >= 15 is 0 Å². The zero-order chi connectivity index (χ0) is 20.4. The Labute approximate surface area is 170 Å². The highest BCUT2D eigenvalue weighted by molar-refractivity contribution is 6.09. The molecule has 0 saturated heterocycles. The highest BCUT2D eigenvalue weighted by Gasteiger charge is 2.51. The lowest BCUT2D eigenvalue weighted by molar-refractivity contribution is -0.135. The minimum absolute atomic E-state index is 0.0346. The molecule has 0 unspecified atom stereocenters. The third-order valence-electron chi connectivity index (χ3n) is 5.72. The summed E-state index contributed by atoms with van der Waals surface area (Å²) in [7, 11) is 3.55. The second-order valence-electron chi connectivity index (χ2n) is 7.68. The van der Waals surface area contributed by atoms with Crippen molar-refractivity contribution in [2.45, 2.75) is 24.8 Å². The van der Waals surface area contributed by atoms with Crippen LogP contribution in [0.1, 0.15) is 23.1 Å². The van der Waals surface area contributed by atoms with Gasteiger partial charge in [-0.3, -0.25) is 9.59 Å². The normalized spacial score (nSPS) is 18.0. The van der Waals surface area contributed by atoms with E-state index in [1.807, 2.05) is 60.7 Å². The number of carbonyl (C=O) groups is 2. The van der Waals surface area contributed by atoms with Gasteiger partial charge in [0.2, 0.25) is 11.8 Å². The van der Waals surface area contributed by atoms with Gasteiger partial charge >= 0.3 is 0 Å². The summed E-state index contributed by atoms with van der Waals surface area (Å²) in [5, 5.41) is 0. The molecule has 2 aromatic carbocycles. The van der Waals surface area contributed by atoms with Crippen LogP contribution in [0.2, 0.25) is 0 Å². The summed E-state index contributed by atoms with van der Waals surface area (Å²) in [6.45, 7) is 0.447. The largest absolute Gasteiger partial charge is 0.472 e. The number of rotatable bonds is 6. The molecular formula is C24H24N2O3. The number of carbonyl (C=O) groups excluding carboxylic acids is 2. The topological polar surface area (TPSA) is 53.8 Å². The molecule has 3 aromatic rings. The third kappa shape index (κ3) is 3.44. The molecule has 0 saturated carbocycles. The minimum Gasteiger partial charge on any atom is -0.472 e. The molecule has 0 spiro atoms. The fourth-order valence-corrected chi connectivity index (χ4v) is 4.20. The Hall–Kier alpha value is -3.34. The predicted molar refractivity (Wildman–Crippen MR) is 111 cm³/mol. The molecule has 1 aliphatic heterocycles. The van der Waals surface area contributed by atoms with E-state index in [0.717, 1.165) is 22.4 Å². The van der Waals surface area contributed by atoms with Crippen molar-refractivity contribution in [1.29, 1.82) is 0 Å². The van der Waals surface area contributed by atoms with Crippen LogP contribution in [-0.4, -0.2) is 30.8 Å². The smallest absolute Gasteiger partial charge is 0.238 e. The van der Waals surface area contributed by atoms with Crippen LogP contribution in [-0.2, 0) is 28.0 Å². The molecule has 0 bridgehead atoms. The summed E-state index contributed by atoms with van der Waals surface area (Å²) in [6.07, 6.45) is 3.83. The molecule has 0 fully saturated rings. The summed E-state index contributed by atoms with van der Waals surface area (Å²) in [6, 6.07) is 19.5. The van der Waals surface area contributed by atoms with Gasteiger partial charge in [0.1, 0.15) is 0 Å². The van der Waals surface area contributed by atoms with Crippen molar-refractivity contribution in [2.75, 3.05) is 19.0 Å². The van der Waals surface area contributed by atoms with Crippen LogP contribution in [0, 0.1) is 0 Å². The zero-order valence-corrected chi connectivity index (χ0v) is 16.7. The average Bonchev–Trinajstić information content (AvgIpc) is 3.31. The highest BCUT2D eigenvalue weighted by Crippen LogP contribution is 2.45. The van der Waals surface area contributed by atoms with Crippen LogP contribution >= 0.6 is 0 Å². The Kier molecular flexibility index (Phi) is 4.97. The molecular weight excluding hydrogens is 364 g/mol. The van der Waals surface area contributed by atoms with Crippen LogP contribution in [0.25, 0.3) is 0 Å². The summed E-state index contributed by atoms with van der Waals surface area (Å²) in [5.41, 5.74) is 2.85. The van der Waals surface area contributed by atoms with Gasteiger partial charge in [-0.2, -0.15) is 0 Å². The highest BCUT2D eigenvalue weighted by atomic mass is 16.3. The Balaban J connectivity index is 1.70. The van der Waals surface area contributed by atoms with Crippen molar-refractivity contribution in [2.24, 2.45) is 0 Å². The maximum Gasteiger partial charge on any atom is 0.238 e. The van der Waals surface area contributed by atoms with E-state index < -0.39 is 5.41 Å². The molecule has 1 aliphatic rings. The Morgan fingerprint density at radius 2 is 1.76 bits per heavy atom. The number of fused-ring (bicyclic) bond motifs is 1. The Morgan fingerprint density at radius 1 is 1.03 bits per heavy atom. The molecule has 29 heavy (non-hydrogen) atoms. The fourth-order valence-electron chi connectivity index (χ4n) is 4.20. The maximum atomic E-state index is 13.5. The molecule has 1 atom stereocenters. The van der Waals surface area contributed by atoms with Crippen molar-refractivity contribution in [1.82, 2.24) is 4.90 Å². The van der Waals surface area contributed by atoms with Crippen molar-refractivity contribution in [3.63, 3.8) is 0 Å². The van der Waals surface area contributed by atoms with E-state index in [4.69, 9.17) is 4.42 Å². The summed E-state index contributed by atoms with van der Waals surface area (Å²) < 4.78 is 5.11. The van der Waals surface area contributed by atoms with Crippen LogP contribution < -0.4 is 4.90 Å². The number of hydrogen-bond acceptors (Lipinski definition) is 3. The molecule has 0 aliphatic carbocycles. The van der Waals surface area contributed by atoms with Gasteiger partial charge in [0, 0.05) is 38.3 Å². The zero-order valence-electron chi connectivity index (χ0n) is 16.7. The number of benzene rings is 2.